The summed E-state index contributed by atoms with van der Waals surface area (Å²) in [4.78, 5) is 15.0. The van der Waals surface area contributed by atoms with Gasteiger partial charge in [-0.2, -0.15) is 0 Å². The first kappa shape index (κ1) is 30.6. The van der Waals surface area contributed by atoms with Gasteiger partial charge >= 0.3 is 0 Å². The van der Waals surface area contributed by atoms with Crippen LogP contribution in [-0.4, -0.2) is 15.0 Å². The van der Waals surface area contributed by atoms with Crippen molar-refractivity contribution in [2.24, 2.45) is 0 Å². The molecule has 0 fully saturated rings. The van der Waals surface area contributed by atoms with Gasteiger partial charge < -0.3 is 4.42 Å². The number of furan rings is 1. The molecule has 248 valence electrons. The summed E-state index contributed by atoms with van der Waals surface area (Å²) in [7, 11) is 0. The van der Waals surface area contributed by atoms with Gasteiger partial charge in [0.25, 0.3) is 0 Å². The SMILES string of the molecule is c1ccc(-c2nc(-c3ccc(-c4cccc(-c5c(-c6ccccc6)ccc6ccccc56)c4)cc3)nc(-c3cccc4c3oc3ccccc34)n2)cc1. The highest BCUT2D eigenvalue weighted by molar-refractivity contribution is 6.09. The highest BCUT2D eigenvalue weighted by atomic mass is 16.3. The zero-order valence-corrected chi connectivity index (χ0v) is 28.6. The largest absolute Gasteiger partial charge is 0.455 e. The van der Waals surface area contributed by atoms with Gasteiger partial charge in [-0.05, 0) is 62.4 Å². The van der Waals surface area contributed by atoms with E-state index in [0.717, 1.165) is 49.8 Å². The molecule has 53 heavy (non-hydrogen) atoms. The van der Waals surface area contributed by atoms with Gasteiger partial charge in [-0.25, -0.2) is 15.0 Å². The van der Waals surface area contributed by atoms with Gasteiger partial charge in [0.05, 0.1) is 5.56 Å². The summed E-state index contributed by atoms with van der Waals surface area (Å²) in [5, 5.41) is 4.56. The number of nitrogens with zero attached hydrogens (tertiary/aromatic N) is 3. The predicted octanol–water partition coefficient (Wildman–Crippen LogP) is 12.9. The van der Waals surface area contributed by atoms with Gasteiger partial charge in [-0.3, -0.25) is 0 Å². The Labute approximate surface area is 306 Å². The van der Waals surface area contributed by atoms with Gasteiger partial charge in [0.2, 0.25) is 0 Å². The number of para-hydroxylation sites is 2. The molecule has 0 radical (unpaired) electrons. The van der Waals surface area contributed by atoms with Crippen molar-refractivity contribution in [1.29, 1.82) is 0 Å². The maximum absolute atomic E-state index is 6.39. The highest BCUT2D eigenvalue weighted by Gasteiger charge is 2.18. The van der Waals surface area contributed by atoms with Crippen LogP contribution in [0.1, 0.15) is 0 Å². The molecule has 10 rings (SSSR count). The molecule has 8 aromatic carbocycles. The van der Waals surface area contributed by atoms with E-state index in [4.69, 9.17) is 19.4 Å². The van der Waals surface area contributed by atoms with E-state index in [-0.39, 0.29) is 0 Å². The van der Waals surface area contributed by atoms with Gasteiger partial charge in [0.15, 0.2) is 17.5 Å². The minimum atomic E-state index is 0.569. The first-order valence-electron chi connectivity index (χ1n) is 17.8. The predicted molar refractivity (Wildman–Crippen MR) is 217 cm³/mol. The minimum absolute atomic E-state index is 0.569. The standard InChI is InChI=1S/C49H31N3O/c1-3-13-33(14-4-1)40-30-29-34-15-7-8-20-39(34)45(40)38-19-11-18-37(31-38)32-25-27-36(28-26-32)48-50-47(35-16-5-2-6-17-35)51-49(52-48)43-23-12-22-42-41-21-9-10-24-44(41)53-46(42)43/h1-31H. The molecule has 0 saturated heterocycles. The Bertz CT molecular complexity index is 2930. The van der Waals surface area contributed by atoms with Crippen molar-refractivity contribution >= 4 is 32.7 Å². The van der Waals surface area contributed by atoms with Crippen molar-refractivity contribution in [2.45, 2.75) is 0 Å². The van der Waals surface area contributed by atoms with E-state index < -0.39 is 0 Å². The maximum atomic E-state index is 6.39. The van der Waals surface area contributed by atoms with Crippen LogP contribution in [0.5, 0.6) is 0 Å². The molecule has 0 aliphatic rings. The van der Waals surface area contributed by atoms with Crippen LogP contribution in [0.4, 0.5) is 0 Å². The summed E-state index contributed by atoms with van der Waals surface area (Å²) >= 11 is 0. The molecule has 0 spiro atoms. The van der Waals surface area contributed by atoms with E-state index in [0.29, 0.717) is 17.5 Å². The van der Waals surface area contributed by atoms with Crippen LogP contribution in [0, 0.1) is 0 Å². The topological polar surface area (TPSA) is 51.8 Å². The molecular formula is C49H31N3O. The fourth-order valence-electron chi connectivity index (χ4n) is 7.37. The fraction of sp³-hybridized carbons (Fsp3) is 0. The molecule has 0 bridgehead atoms. The molecule has 10 aromatic rings. The monoisotopic (exact) mass is 677 g/mol. The van der Waals surface area contributed by atoms with E-state index in [9.17, 15) is 0 Å². The number of benzene rings is 8. The Morgan fingerprint density at radius 3 is 1.68 bits per heavy atom. The normalized spacial score (nSPS) is 11.4. The van der Waals surface area contributed by atoms with Crippen molar-refractivity contribution in [3.05, 3.63) is 188 Å². The van der Waals surface area contributed by atoms with Gasteiger partial charge in [-0.15, -0.1) is 0 Å². The Hall–Kier alpha value is -7.17. The van der Waals surface area contributed by atoms with Crippen LogP contribution in [0.15, 0.2) is 192 Å². The van der Waals surface area contributed by atoms with Crippen LogP contribution < -0.4 is 0 Å². The molecule has 4 heteroatoms. The third-order valence-corrected chi connectivity index (χ3v) is 9.95. The summed E-state index contributed by atoms with van der Waals surface area (Å²) in [5.41, 5.74) is 11.3. The molecule has 4 nitrogen and oxygen atoms in total. The zero-order chi connectivity index (χ0) is 35.1. The molecular weight excluding hydrogens is 647 g/mol. The van der Waals surface area contributed by atoms with E-state index in [1.54, 1.807) is 0 Å². The van der Waals surface area contributed by atoms with Gasteiger partial charge in [-0.1, -0.05) is 170 Å². The van der Waals surface area contributed by atoms with Crippen LogP contribution >= 0.6 is 0 Å². The van der Waals surface area contributed by atoms with Crippen molar-refractivity contribution in [3.8, 4) is 67.5 Å². The molecule has 0 amide bonds. The first-order valence-corrected chi connectivity index (χ1v) is 17.8. The number of fused-ring (bicyclic) bond motifs is 4. The highest BCUT2D eigenvalue weighted by Crippen LogP contribution is 2.40. The number of rotatable bonds is 6. The number of hydrogen-bond acceptors (Lipinski definition) is 4. The van der Waals surface area contributed by atoms with Crippen molar-refractivity contribution in [2.75, 3.05) is 0 Å². The van der Waals surface area contributed by atoms with E-state index >= 15 is 0 Å². The molecule has 2 aromatic heterocycles. The summed E-state index contributed by atoms with van der Waals surface area (Å²) < 4.78 is 6.39. The lowest BCUT2D eigenvalue weighted by Gasteiger charge is -2.15. The average molecular weight is 678 g/mol. The summed E-state index contributed by atoms with van der Waals surface area (Å²) in [6.45, 7) is 0. The Morgan fingerprint density at radius 1 is 0.321 bits per heavy atom. The second-order valence-corrected chi connectivity index (χ2v) is 13.2. The first-order chi connectivity index (χ1) is 26.3. The smallest absolute Gasteiger partial charge is 0.167 e. The van der Waals surface area contributed by atoms with Gasteiger partial charge in [0, 0.05) is 21.9 Å². The molecule has 0 N–H and O–H groups in total. The molecule has 0 unspecified atom stereocenters. The molecule has 0 aliphatic heterocycles. The molecule has 2 heterocycles. The Kier molecular flexibility index (Phi) is 7.43. The van der Waals surface area contributed by atoms with E-state index in [1.807, 2.05) is 60.7 Å². The van der Waals surface area contributed by atoms with Crippen LogP contribution in [0.25, 0.3) is 100 Å². The third-order valence-electron chi connectivity index (χ3n) is 9.95. The summed E-state index contributed by atoms with van der Waals surface area (Å²) in [6.07, 6.45) is 0. The van der Waals surface area contributed by atoms with Crippen LogP contribution in [0.3, 0.4) is 0 Å². The van der Waals surface area contributed by atoms with E-state index in [1.165, 1.54) is 33.0 Å². The minimum Gasteiger partial charge on any atom is -0.455 e. The molecule has 0 saturated carbocycles. The second-order valence-electron chi connectivity index (χ2n) is 13.2. The lowest BCUT2D eigenvalue weighted by Crippen LogP contribution is -2.00. The van der Waals surface area contributed by atoms with Crippen molar-refractivity contribution in [1.82, 2.24) is 15.0 Å². The summed E-state index contributed by atoms with van der Waals surface area (Å²) in [5.74, 6) is 1.78. The quantitative estimate of drug-likeness (QED) is 0.176. The van der Waals surface area contributed by atoms with Crippen LogP contribution in [0.2, 0.25) is 0 Å². The lowest BCUT2D eigenvalue weighted by molar-refractivity contribution is 0.669. The molecule has 0 aliphatic carbocycles. The second kappa shape index (κ2) is 12.9. The van der Waals surface area contributed by atoms with Crippen molar-refractivity contribution < 1.29 is 4.42 Å². The molecule has 0 atom stereocenters. The number of aromatic nitrogens is 3. The Morgan fingerprint density at radius 2 is 0.887 bits per heavy atom. The maximum Gasteiger partial charge on any atom is 0.167 e. The van der Waals surface area contributed by atoms with E-state index in [2.05, 4.69) is 127 Å². The lowest BCUT2D eigenvalue weighted by atomic mass is 9.88. The number of hydrogen-bond donors (Lipinski definition) is 0. The summed E-state index contributed by atoms with van der Waals surface area (Å²) in [6, 6.07) is 65.4. The van der Waals surface area contributed by atoms with Crippen LogP contribution in [-0.2, 0) is 0 Å². The zero-order valence-electron chi connectivity index (χ0n) is 28.6. The average Bonchev–Trinajstić information content (AvgIpc) is 3.63. The fourth-order valence-corrected chi connectivity index (χ4v) is 7.37. The Balaban J connectivity index is 1.07. The van der Waals surface area contributed by atoms with Gasteiger partial charge in [0.1, 0.15) is 11.2 Å². The third kappa shape index (κ3) is 5.54. The van der Waals surface area contributed by atoms with Crippen molar-refractivity contribution in [3.63, 3.8) is 0 Å².